The number of hydrogen-bond donors (Lipinski definition) is 1. The Morgan fingerprint density at radius 3 is 2.46 bits per heavy atom. The van der Waals surface area contributed by atoms with E-state index in [0.717, 1.165) is 61.9 Å². The first kappa shape index (κ1) is 23.4. The molecule has 26 heavy (non-hydrogen) atoms. The number of aliphatic imine (C=N–C) groups is 1. The maximum Gasteiger partial charge on any atom is 0.434 e. The van der Waals surface area contributed by atoms with Gasteiger partial charge in [0, 0.05) is 44.6 Å². The highest BCUT2D eigenvalue weighted by molar-refractivity contribution is 14.0. The Bertz CT molecular complexity index is 568. The van der Waals surface area contributed by atoms with Crippen LogP contribution in [0.5, 0.6) is 0 Å². The second-order valence-corrected chi connectivity index (χ2v) is 7.42. The highest BCUT2D eigenvalue weighted by Crippen LogP contribution is 2.30. The van der Waals surface area contributed by atoms with Crippen LogP contribution in [0.2, 0.25) is 0 Å². The Balaban J connectivity index is 0.00000338. The third-order valence-electron chi connectivity index (χ3n) is 3.84. The van der Waals surface area contributed by atoms with E-state index < -0.39 is 11.9 Å². The molecule has 1 N–H and O–H groups in total. The number of nitrogens with zero attached hydrogens (tertiary/aromatic N) is 4. The lowest BCUT2D eigenvalue weighted by Gasteiger charge is -2.37. The monoisotopic (exact) mass is 505 g/mol. The number of hydrogen-bond acceptors (Lipinski definition) is 4. The van der Waals surface area contributed by atoms with Crippen LogP contribution < -0.4 is 5.32 Å². The van der Waals surface area contributed by atoms with Gasteiger partial charge in [0.1, 0.15) is 5.01 Å². The summed E-state index contributed by atoms with van der Waals surface area (Å²) in [5.74, 6) is 1.39. The van der Waals surface area contributed by atoms with E-state index in [0.29, 0.717) is 10.9 Å². The van der Waals surface area contributed by atoms with Crippen molar-refractivity contribution in [2.45, 2.75) is 33.5 Å². The molecule has 0 aromatic carbocycles. The number of aromatic nitrogens is 1. The molecular weight excluding hydrogens is 478 g/mol. The molecule has 1 aromatic heterocycles. The normalized spacial score (nSPS) is 16.7. The molecule has 1 saturated heterocycles. The van der Waals surface area contributed by atoms with Crippen LogP contribution in [0.3, 0.4) is 0 Å². The summed E-state index contributed by atoms with van der Waals surface area (Å²) in [6, 6.07) is 0. The zero-order valence-electron chi connectivity index (χ0n) is 15.3. The molecule has 0 spiro atoms. The summed E-state index contributed by atoms with van der Waals surface area (Å²) in [6.45, 7) is 12.0. The van der Waals surface area contributed by atoms with Crippen molar-refractivity contribution >= 4 is 41.3 Å². The number of piperazine rings is 1. The summed E-state index contributed by atoms with van der Waals surface area (Å²) in [4.78, 5) is 12.7. The van der Waals surface area contributed by atoms with Crippen LogP contribution in [0.1, 0.15) is 31.5 Å². The number of guanidine groups is 1. The molecule has 0 saturated carbocycles. The predicted octanol–water partition coefficient (Wildman–Crippen LogP) is 3.52. The van der Waals surface area contributed by atoms with Crippen LogP contribution in [0.15, 0.2) is 10.4 Å². The summed E-state index contributed by atoms with van der Waals surface area (Å²) >= 11 is 0.998. The van der Waals surface area contributed by atoms with Gasteiger partial charge in [-0.05, 0) is 12.8 Å². The molecule has 2 rings (SSSR count). The van der Waals surface area contributed by atoms with Gasteiger partial charge in [-0.25, -0.2) is 9.98 Å². The second-order valence-electron chi connectivity index (χ2n) is 6.48. The Kier molecular flexibility index (Phi) is 9.59. The highest BCUT2D eigenvalue weighted by Gasteiger charge is 2.33. The van der Waals surface area contributed by atoms with Crippen molar-refractivity contribution in [1.29, 1.82) is 0 Å². The molecule has 2 heterocycles. The maximum atomic E-state index is 12.6. The number of halogens is 4. The Morgan fingerprint density at radius 2 is 1.96 bits per heavy atom. The van der Waals surface area contributed by atoms with Crippen molar-refractivity contribution in [2.24, 2.45) is 10.9 Å². The smallest absolute Gasteiger partial charge is 0.357 e. The predicted molar refractivity (Wildman–Crippen MR) is 110 cm³/mol. The van der Waals surface area contributed by atoms with Crippen LogP contribution in [0.25, 0.3) is 0 Å². The fourth-order valence-electron chi connectivity index (χ4n) is 2.74. The largest absolute Gasteiger partial charge is 0.434 e. The van der Waals surface area contributed by atoms with Gasteiger partial charge in [-0.15, -0.1) is 35.3 Å². The quantitative estimate of drug-likeness (QED) is 0.378. The van der Waals surface area contributed by atoms with Crippen molar-refractivity contribution in [3.63, 3.8) is 0 Å². The third kappa shape index (κ3) is 7.18. The Hall–Kier alpha value is -0.620. The number of rotatable bonds is 5. The molecule has 0 aliphatic carbocycles. The molecule has 1 aliphatic rings. The molecule has 150 valence electrons. The first-order chi connectivity index (χ1) is 11.8. The Labute approximate surface area is 174 Å². The molecule has 0 bridgehead atoms. The molecule has 0 unspecified atom stereocenters. The van der Waals surface area contributed by atoms with Gasteiger partial charge in [-0.1, -0.05) is 13.8 Å². The van der Waals surface area contributed by atoms with E-state index in [2.05, 4.69) is 38.9 Å². The topological polar surface area (TPSA) is 43.8 Å². The van der Waals surface area contributed by atoms with E-state index in [1.165, 1.54) is 0 Å². The minimum atomic E-state index is -4.39. The number of thiazole rings is 1. The van der Waals surface area contributed by atoms with Crippen LogP contribution in [0, 0.1) is 5.92 Å². The summed E-state index contributed by atoms with van der Waals surface area (Å²) in [5, 5.41) is 4.65. The van der Waals surface area contributed by atoms with Crippen molar-refractivity contribution < 1.29 is 13.2 Å². The zero-order valence-corrected chi connectivity index (χ0v) is 18.5. The van der Waals surface area contributed by atoms with E-state index in [4.69, 9.17) is 0 Å². The van der Waals surface area contributed by atoms with E-state index in [1.807, 2.05) is 6.92 Å². The third-order valence-corrected chi connectivity index (χ3v) is 4.67. The van der Waals surface area contributed by atoms with Crippen LogP contribution in [-0.4, -0.2) is 60.0 Å². The summed E-state index contributed by atoms with van der Waals surface area (Å²) < 4.78 is 37.9. The van der Waals surface area contributed by atoms with Crippen molar-refractivity contribution in [2.75, 3.05) is 39.3 Å². The van der Waals surface area contributed by atoms with Gasteiger partial charge in [0.05, 0.1) is 6.54 Å². The summed E-state index contributed by atoms with van der Waals surface area (Å²) in [5.41, 5.74) is -0.838. The van der Waals surface area contributed by atoms with E-state index in [9.17, 15) is 13.2 Å². The fraction of sp³-hybridized carbons (Fsp3) is 0.750. The van der Waals surface area contributed by atoms with E-state index in [-0.39, 0.29) is 30.5 Å². The fourth-order valence-corrected chi connectivity index (χ4v) is 3.46. The van der Waals surface area contributed by atoms with E-state index in [1.54, 1.807) is 0 Å². The van der Waals surface area contributed by atoms with Crippen molar-refractivity contribution in [3.05, 3.63) is 16.1 Å². The number of alkyl halides is 3. The zero-order chi connectivity index (χ0) is 18.4. The lowest BCUT2D eigenvalue weighted by Crippen LogP contribution is -2.53. The minimum Gasteiger partial charge on any atom is -0.357 e. The molecule has 5 nitrogen and oxygen atoms in total. The first-order valence-electron chi connectivity index (χ1n) is 8.56. The lowest BCUT2D eigenvalue weighted by molar-refractivity contribution is -0.140. The van der Waals surface area contributed by atoms with Gasteiger partial charge in [0.25, 0.3) is 0 Å². The van der Waals surface area contributed by atoms with Gasteiger partial charge < -0.3 is 10.2 Å². The maximum absolute atomic E-state index is 12.6. The lowest BCUT2D eigenvalue weighted by atomic mass is 10.2. The van der Waals surface area contributed by atoms with Gasteiger partial charge in [0.2, 0.25) is 0 Å². The van der Waals surface area contributed by atoms with Crippen LogP contribution in [0.4, 0.5) is 13.2 Å². The van der Waals surface area contributed by atoms with Crippen LogP contribution >= 0.6 is 35.3 Å². The molecule has 0 radical (unpaired) electrons. The summed E-state index contributed by atoms with van der Waals surface area (Å²) in [6.07, 6.45) is -4.39. The standard InChI is InChI=1S/C16H26F3N5S.HI/c1-4-20-15(24-7-5-23(6-8-24)10-12(2)3)21-9-14-22-13(11-25-14)16(17,18)19;/h11-12H,4-10H2,1-3H3,(H,20,21);1H. The van der Waals surface area contributed by atoms with Crippen molar-refractivity contribution in [1.82, 2.24) is 20.1 Å². The minimum absolute atomic E-state index is 0. The molecule has 1 aromatic rings. The SMILES string of the molecule is CCNC(=NCc1nc(C(F)(F)F)cs1)N1CCN(CC(C)C)CC1.I. The molecule has 10 heteroatoms. The second kappa shape index (κ2) is 10.6. The van der Waals surface area contributed by atoms with Crippen LogP contribution in [-0.2, 0) is 12.7 Å². The van der Waals surface area contributed by atoms with Gasteiger partial charge in [-0.3, -0.25) is 4.90 Å². The molecule has 0 amide bonds. The summed E-state index contributed by atoms with van der Waals surface area (Å²) in [7, 11) is 0. The molecule has 1 aliphatic heterocycles. The highest BCUT2D eigenvalue weighted by atomic mass is 127. The van der Waals surface area contributed by atoms with Gasteiger partial charge in [0.15, 0.2) is 11.7 Å². The molecule has 0 atom stereocenters. The number of nitrogens with one attached hydrogen (secondary N) is 1. The molecule has 1 fully saturated rings. The average Bonchev–Trinajstić information content (AvgIpc) is 3.01. The Morgan fingerprint density at radius 1 is 1.31 bits per heavy atom. The van der Waals surface area contributed by atoms with Gasteiger partial charge in [-0.2, -0.15) is 13.2 Å². The van der Waals surface area contributed by atoms with Crippen molar-refractivity contribution in [3.8, 4) is 0 Å². The average molecular weight is 505 g/mol. The molecular formula is C16H27F3IN5S. The van der Waals surface area contributed by atoms with Gasteiger partial charge >= 0.3 is 6.18 Å². The first-order valence-corrected chi connectivity index (χ1v) is 9.44. The van der Waals surface area contributed by atoms with E-state index >= 15 is 0 Å².